The van der Waals surface area contributed by atoms with Crippen molar-refractivity contribution in [1.82, 2.24) is 0 Å². The second-order valence-corrected chi connectivity index (χ2v) is 7.55. The molecule has 0 nitrogen and oxygen atoms in total. The molecule has 0 heterocycles. The summed E-state index contributed by atoms with van der Waals surface area (Å²) in [4.78, 5) is 0. The van der Waals surface area contributed by atoms with Gasteiger partial charge in [-0.15, -0.1) is 0 Å². The largest absolute Gasteiger partial charge is 0.0654 e. The zero-order chi connectivity index (χ0) is 13.6. The Labute approximate surface area is 121 Å². The molecule has 0 radical (unpaired) electrons. The summed E-state index contributed by atoms with van der Waals surface area (Å²) in [7, 11) is 0. The van der Waals surface area contributed by atoms with Gasteiger partial charge in [0.05, 0.1) is 0 Å². The Morgan fingerprint density at radius 3 is 2.53 bits per heavy atom. The quantitative estimate of drug-likeness (QED) is 0.516. The van der Waals surface area contributed by atoms with E-state index in [1.807, 2.05) is 0 Å². The summed E-state index contributed by atoms with van der Waals surface area (Å²) in [5.74, 6) is 2.16. The first kappa shape index (κ1) is 15.4. The summed E-state index contributed by atoms with van der Waals surface area (Å²) < 4.78 is 0. The van der Waals surface area contributed by atoms with Crippen LogP contribution in [0.3, 0.4) is 0 Å². The van der Waals surface area contributed by atoms with Crippen molar-refractivity contribution in [3.63, 3.8) is 0 Å². The van der Waals surface area contributed by atoms with Gasteiger partial charge >= 0.3 is 0 Å². The lowest BCUT2D eigenvalue weighted by molar-refractivity contribution is 0.0293. The lowest BCUT2D eigenvalue weighted by Gasteiger charge is -2.48. The predicted molar refractivity (Wildman–Crippen MR) is 85.4 cm³/mol. The predicted octanol–water partition coefficient (Wildman–Crippen LogP) is 6.73. The van der Waals surface area contributed by atoms with E-state index in [1.165, 1.54) is 57.8 Å². The van der Waals surface area contributed by atoms with E-state index in [9.17, 15) is 0 Å². The van der Waals surface area contributed by atoms with Gasteiger partial charge in [-0.1, -0.05) is 71.6 Å². The van der Waals surface area contributed by atoms with Crippen LogP contribution in [0.15, 0.2) is 0 Å². The topological polar surface area (TPSA) is 0 Å². The zero-order valence-corrected chi connectivity index (χ0v) is 13.6. The molecule has 2 bridgehead atoms. The van der Waals surface area contributed by atoms with Crippen molar-refractivity contribution in [3.8, 4) is 0 Å². The van der Waals surface area contributed by atoms with Gasteiger partial charge in [0.15, 0.2) is 0 Å². The van der Waals surface area contributed by atoms with Crippen LogP contribution < -0.4 is 0 Å². The highest BCUT2D eigenvalue weighted by Crippen LogP contribution is 2.53. The molecule has 19 heavy (non-hydrogen) atoms. The maximum absolute atomic E-state index is 2.42. The SMILES string of the molecule is CCCCC1CCC2CCCCCCC1(CCC)C2. The van der Waals surface area contributed by atoms with Crippen molar-refractivity contribution in [2.75, 3.05) is 0 Å². The lowest BCUT2D eigenvalue weighted by Crippen LogP contribution is -2.37. The summed E-state index contributed by atoms with van der Waals surface area (Å²) in [6.45, 7) is 4.78. The molecule has 2 saturated carbocycles. The average Bonchev–Trinajstić information content (AvgIpc) is 2.49. The highest BCUT2D eigenvalue weighted by molar-refractivity contribution is 4.93. The van der Waals surface area contributed by atoms with Crippen LogP contribution in [0.25, 0.3) is 0 Å². The maximum atomic E-state index is 2.42. The normalized spacial score (nSPS) is 36.3. The second kappa shape index (κ2) is 7.70. The third kappa shape index (κ3) is 3.99. The summed E-state index contributed by atoms with van der Waals surface area (Å²) in [6, 6.07) is 0. The fourth-order valence-corrected chi connectivity index (χ4v) is 5.23. The van der Waals surface area contributed by atoms with Gasteiger partial charge in [0.25, 0.3) is 0 Å². The molecule has 0 aliphatic heterocycles. The molecular formula is C19H36. The van der Waals surface area contributed by atoms with Crippen molar-refractivity contribution < 1.29 is 0 Å². The van der Waals surface area contributed by atoms with Crippen molar-refractivity contribution in [2.45, 2.75) is 104 Å². The van der Waals surface area contributed by atoms with E-state index >= 15 is 0 Å². The van der Waals surface area contributed by atoms with E-state index in [2.05, 4.69) is 13.8 Å². The summed E-state index contributed by atoms with van der Waals surface area (Å²) in [6.07, 6.45) is 21.2. The van der Waals surface area contributed by atoms with Crippen LogP contribution in [0.2, 0.25) is 0 Å². The van der Waals surface area contributed by atoms with Crippen LogP contribution in [0.4, 0.5) is 0 Å². The molecule has 2 aliphatic carbocycles. The minimum absolute atomic E-state index is 0.761. The van der Waals surface area contributed by atoms with Crippen LogP contribution in [0, 0.1) is 17.3 Å². The fourth-order valence-electron chi connectivity index (χ4n) is 5.23. The summed E-state index contributed by atoms with van der Waals surface area (Å²) in [5, 5.41) is 0. The first-order chi connectivity index (χ1) is 9.30. The Hall–Kier alpha value is 0. The third-order valence-corrected chi connectivity index (χ3v) is 6.18. The van der Waals surface area contributed by atoms with Gasteiger partial charge in [0, 0.05) is 0 Å². The summed E-state index contributed by atoms with van der Waals surface area (Å²) >= 11 is 0. The van der Waals surface area contributed by atoms with Crippen LogP contribution in [0.5, 0.6) is 0 Å². The van der Waals surface area contributed by atoms with Crippen LogP contribution in [-0.2, 0) is 0 Å². The number of hydrogen-bond donors (Lipinski definition) is 0. The van der Waals surface area contributed by atoms with E-state index in [1.54, 1.807) is 32.1 Å². The highest BCUT2D eigenvalue weighted by Gasteiger charge is 2.42. The molecule has 0 saturated heterocycles. The average molecular weight is 264 g/mol. The molecule has 0 heteroatoms. The number of rotatable bonds is 5. The van der Waals surface area contributed by atoms with Crippen LogP contribution in [-0.4, -0.2) is 0 Å². The van der Waals surface area contributed by atoms with E-state index in [0.717, 1.165) is 17.3 Å². The molecule has 112 valence electrons. The van der Waals surface area contributed by atoms with Crippen molar-refractivity contribution >= 4 is 0 Å². The molecular weight excluding hydrogens is 228 g/mol. The first-order valence-electron chi connectivity index (χ1n) is 9.30. The smallest absolute Gasteiger partial charge is 0.0267 e. The van der Waals surface area contributed by atoms with Crippen molar-refractivity contribution in [3.05, 3.63) is 0 Å². The Balaban J connectivity index is 2.10. The van der Waals surface area contributed by atoms with Gasteiger partial charge in [-0.3, -0.25) is 0 Å². The summed E-state index contributed by atoms with van der Waals surface area (Å²) in [5.41, 5.74) is 0.761. The van der Waals surface area contributed by atoms with Crippen LogP contribution in [0.1, 0.15) is 104 Å². The minimum Gasteiger partial charge on any atom is -0.0654 e. The zero-order valence-electron chi connectivity index (χ0n) is 13.6. The monoisotopic (exact) mass is 264 g/mol. The Morgan fingerprint density at radius 2 is 1.74 bits per heavy atom. The van der Waals surface area contributed by atoms with Gasteiger partial charge in [-0.2, -0.15) is 0 Å². The molecule has 3 atom stereocenters. The molecule has 2 rings (SSSR count). The maximum Gasteiger partial charge on any atom is -0.0267 e. The molecule has 2 aliphatic rings. The second-order valence-electron chi connectivity index (χ2n) is 7.55. The van der Waals surface area contributed by atoms with Crippen LogP contribution >= 0.6 is 0 Å². The lowest BCUT2D eigenvalue weighted by atomic mass is 9.57. The Bertz CT molecular complexity index is 244. The van der Waals surface area contributed by atoms with Crippen molar-refractivity contribution in [2.24, 2.45) is 17.3 Å². The molecule has 0 amide bonds. The van der Waals surface area contributed by atoms with Gasteiger partial charge in [0.2, 0.25) is 0 Å². The number of unbranched alkanes of at least 4 members (excludes halogenated alkanes) is 1. The van der Waals surface area contributed by atoms with Gasteiger partial charge in [-0.05, 0) is 49.4 Å². The number of fused-ring (bicyclic) bond motifs is 2. The highest BCUT2D eigenvalue weighted by atomic mass is 14.5. The van der Waals surface area contributed by atoms with E-state index in [0.29, 0.717) is 0 Å². The molecule has 2 fully saturated rings. The third-order valence-electron chi connectivity index (χ3n) is 6.18. The molecule has 0 aromatic carbocycles. The van der Waals surface area contributed by atoms with E-state index in [4.69, 9.17) is 0 Å². The Kier molecular flexibility index (Phi) is 6.23. The molecule has 3 unspecified atom stereocenters. The van der Waals surface area contributed by atoms with Gasteiger partial charge in [-0.25, -0.2) is 0 Å². The minimum atomic E-state index is 0.761. The molecule has 0 aromatic rings. The van der Waals surface area contributed by atoms with Gasteiger partial charge in [0.1, 0.15) is 0 Å². The van der Waals surface area contributed by atoms with Crippen molar-refractivity contribution in [1.29, 1.82) is 0 Å². The fraction of sp³-hybridized carbons (Fsp3) is 1.00. The van der Waals surface area contributed by atoms with E-state index < -0.39 is 0 Å². The standard InChI is InChI=1S/C19H36/c1-3-5-11-18-13-12-17-10-8-6-7-9-15-19(18,16-17)14-4-2/h17-18H,3-16H2,1-2H3. The molecule has 0 aromatic heterocycles. The molecule has 0 N–H and O–H groups in total. The molecule has 0 spiro atoms. The number of hydrogen-bond acceptors (Lipinski definition) is 0. The Morgan fingerprint density at radius 1 is 0.895 bits per heavy atom. The van der Waals surface area contributed by atoms with E-state index in [-0.39, 0.29) is 0 Å². The first-order valence-corrected chi connectivity index (χ1v) is 9.30. The van der Waals surface area contributed by atoms with Gasteiger partial charge < -0.3 is 0 Å².